The van der Waals surface area contributed by atoms with Crippen LogP contribution in [0.5, 0.6) is 0 Å². The molecular formula is C17H13Cl2F3N2. The molecule has 126 valence electrons. The first-order valence-corrected chi connectivity index (χ1v) is 7.92. The maximum atomic E-state index is 12.9. The summed E-state index contributed by atoms with van der Waals surface area (Å²) in [5, 5.41) is 5.85. The van der Waals surface area contributed by atoms with Gasteiger partial charge in [-0.25, -0.2) is 0 Å². The summed E-state index contributed by atoms with van der Waals surface area (Å²) in [6, 6.07) is 7.16. The van der Waals surface area contributed by atoms with Gasteiger partial charge in [-0.2, -0.15) is 18.3 Å². The second kappa shape index (κ2) is 5.97. The summed E-state index contributed by atoms with van der Waals surface area (Å²) in [5.41, 5.74) is 2.01. The minimum Gasteiger partial charge on any atom is -0.260 e. The Kier molecular flexibility index (Phi) is 4.26. The highest BCUT2D eigenvalue weighted by Gasteiger charge is 2.31. The fourth-order valence-electron chi connectivity index (χ4n) is 2.65. The van der Waals surface area contributed by atoms with Crippen LogP contribution in [0.15, 0.2) is 30.3 Å². The second-order valence-corrected chi connectivity index (χ2v) is 6.41. The molecule has 2 nitrogen and oxygen atoms in total. The van der Waals surface area contributed by atoms with E-state index in [9.17, 15) is 13.2 Å². The molecule has 0 aliphatic carbocycles. The first-order chi connectivity index (χ1) is 11.2. The molecule has 0 unspecified atom stereocenters. The molecule has 0 aliphatic heterocycles. The van der Waals surface area contributed by atoms with Crippen LogP contribution in [0.25, 0.3) is 10.9 Å². The van der Waals surface area contributed by atoms with E-state index in [2.05, 4.69) is 5.10 Å². The van der Waals surface area contributed by atoms with Crippen molar-refractivity contribution in [3.05, 3.63) is 62.8 Å². The Hall–Kier alpha value is -1.72. The van der Waals surface area contributed by atoms with Crippen molar-refractivity contribution in [2.24, 2.45) is 0 Å². The van der Waals surface area contributed by atoms with E-state index in [-0.39, 0.29) is 6.54 Å². The van der Waals surface area contributed by atoms with Gasteiger partial charge in [-0.1, -0.05) is 29.3 Å². The topological polar surface area (TPSA) is 17.8 Å². The molecule has 1 aromatic heterocycles. The number of aryl methyl sites for hydroxylation is 2. The van der Waals surface area contributed by atoms with Crippen LogP contribution in [-0.4, -0.2) is 9.78 Å². The third kappa shape index (κ3) is 2.98. The first-order valence-electron chi connectivity index (χ1n) is 7.16. The predicted molar refractivity (Wildman–Crippen MR) is 89.8 cm³/mol. The molecule has 3 rings (SSSR count). The number of halogens is 5. The predicted octanol–water partition coefficient (Wildman–Crippen LogP) is 6.03. The van der Waals surface area contributed by atoms with Crippen molar-refractivity contribution in [3.8, 4) is 0 Å². The molecule has 0 atom stereocenters. The maximum Gasteiger partial charge on any atom is 0.416 e. The third-order valence-corrected chi connectivity index (χ3v) is 4.83. The first kappa shape index (κ1) is 17.1. The van der Waals surface area contributed by atoms with E-state index < -0.39 is 11.7 Å². The Balaban J connectivity index is 2.11. The SMILES string of the molecule is Cc1ccc(Cl)c(Cn2nc(C)c3cc(C(F)(F)F)ccc32)c1Cl. The molecular weight excluding hydrogens is 360 g/mol. The summed E-state index contributed by atoms with van der Waals surface area (Å²) in [6.45, 7) is 3.83. The van der Waals surface area contributed by atoms with Crippen molar-refractivity contribution < 1.29 is 13.2 Å². The Bertz CT molecular complexity index is 930. The van der Waals surface area contributed by atoms with Gasteiger partial charge in [-0.3, -0.25) is 4.68 Å². The number of rotatable bonds is 2. The van der Waals surface area contributed by atoms with Crippen LogP contribution in [-0.2, 0) is 12.7 Å². The van der Waals surface area contributed by atoms with Crippen LogP contribution in [0.3, 0.4) is 0 Å². The Morgan fingerprint density at radius 3 is 2.46 bits per heavy atom. The summed E-state index contributed by atoms with van der Waals surface area (Å²) in [5.74, 6) is 0. The fraction of sp³-hybridized carbons (Fsp3) is 0.235. The van der Waals surface area contributed by atoms with Crippen LogP contribution in [0.2, 0.25) is 10.0 Å². The molecule has 0 fully saturated rings. The van der Waals surface area contributed by atoms with Gasteiger partial charge in [0.2, 0.25) is 0 Å². The number of alkyl halides is 3. The lowest BCUT2D eigenvalue weighted by molar-refractivity contribution is -0.137. The van der Waals surface area contributed by atoms with Crippen LogP contribution in [0, 0.1) is 13.8 Å². The Morgan fingerprint density at radius 1 is 1.08 bits per heavy atom. The van der Waals surface area contributed by atoms with Gasteiger partial charge in [-0.05, 0) is 43.7 Å². The second-order valence-electron chi connectivity index (χ2n) is 5.63. The number of aromatic nitrogens is 2. The van der Waals surface area contributed by atoms with Crippen molar-refractivity contribution in [3.63, 3.8) is 0 Å². The number of benzene rings is 2. The Morgan fingerprint density at radius 2 is 1.79 bits per heavy atom. The van der Waals surface area contributed by atoms with Gasteiger partial charge in [0.15, 0.2) is 0 Å². The summed E-state index contributed by atoms with van der Waals surface area (Å²) in [7, 11) is 0. The van der Waals surface area contributed by atoms with Gasteiger partial charge in [0.1, 0.15) is 0 Å². The molecule has 0 aliphatic rings. The zero-order valence-corrected chi connectivity index (χ0v) is 14.4. The highest BCUT2D eigenvalue weighted by atomic mass is 35.5. The number of nitrogens with zero attached hydrogens (tertiary/aromatic N) is 2. The molecule has 1 heterocycles. The average Bonchev–Trinajstić information content (AvgIpc) is 2.83. The quantitative estimate of drug-likeness (QED) is 0.537. The minimum atomic E-state index is -4.38. The van der Waals surface area contributed by atoms with Crippen LogP contribution in [0.4, 0.5) is 13.2 Å². The number of fused-ring (bicyclic) bond motifs is 1. The van der Waals surface area contributed by atoms with E-state index in [1.54, 1.807) is 17.7 Å². The zero-order chi connectivity index (χ0) is 17.6. The molecule has 0 saturated heterocycles. The van der Waals surface area contributed by atoms with E-state index in [0.717, 1.165) is 17.7 Å². The lowest BCUT2D eigenvalue weighted by Gasteiger charge is -2.11. The van der Waals surface area contributed by atoms with Gasteiger partial charge in [0.25, 0.3) is 0 Å². The van der Waals surface area contributed by atoms with Crippen molar-refractivity contribution in [1.82, 2.24) is 9.78 Å². The smallest absolute Gasteiger partial charge is 0.260 e. The molecule has 7 heteroatoms. The van der Waals surface area contributed by atoms with Crippen molar-refractivity contribution in [2.45, 2.75) is 26.6 Å². The summed E-state index contributed by atoms with van der Waals surface area (Å²) in [6.07, 6.45) is -4.38. The van der Waals surface area contributed by atoms with Gasteiger partial charge in [-0.15, -0.1) is 0 Å². The third-order valence-electron chi connectivity index (χ3n) is 3.95. The zero-order valence-electron chi connectivity index (χ0n) is 12.9. The highest BCUT2D eigenvalue weighted by Crippen LogP contribution is 2.33. The summed E-state index contributed by atoms with van der Waals surface area (Å²) >= 11 is 12.5. The van der Waals surface area contributed by atoms with Crippen LogP contribution in [0.1, 0.15) is 22.4 Å². The number of hydrogen-bond acceptors (Lipinski definition) is 1. The van der Waals surface area contributed by atoms with Crippen LogP contribution >= 0.6 is 23.2 Å². The van der Waals surface area contributed by atoms with Crippen molar-refractivity contribution in [1.29, 1.82) is 0 Å². The molecule has 3 aromatic rings. The molecule has 0 radical (unpaired) electrons. The van der Waals surface area contributed by atoms with E-state index >= 15 is 0 Å². The van der Waals surface area contributed by atoms with Gasteiger partial charge in [0.05, 0.1) is 28.3 Å². The van der Waals surface area contributed by atoms with E-state index in [4.69, 9.17) is 23.2 Å². The van der Waals surface area contributed by atoms with Crippen molar-refractivity contribution >= 4 is 34.1 Å². The average molecular weight is 373 g/mol. The summed E-state index contributed by atoms with van der Waals surface area (Å²) < 4.78 is 40.3. The molecule has 2 aromatic carbocycles. The monoisotopic (exact) mass is 372 g/mol. The van der Waals surface area contributed by atoms with E-state index in [1.807, 2.05) is 13.0 Å². The minimum absolute atomic E-state index is 0.287. The highest BCUT2D eigenvalue weighted by molar-refractivity contribution is 6.36. The standard InChI is InChI=1S/C17H13Cl2F3N2/c1-9-3-5-14(18)13(16(9)19)8-24-15-6-4-11(17(20,21)22)7-12(15)10(2)23-24/h3-7H,8H2,1-2H3. The summed E-state index contributed by atoms with van der Waals surface area (Å²) in [4.78, 5) is 0. The normalized spacial score (nSPS) is 12.1. The molecule has 0 saturated carbocycles. The van der Waals surface area contributed by atoms with Crippen LogP contribution < -0.4 is 0 Å². The lowest BCUT2D eigenvalue weighted by atomic mass is 10.1. The van der Waals surface area contributed by atoms with Gasteiger partial charge < -0.3 is 0 Å². The molecule has 24 heavy (non-hydrogen) atoms. The van der Waals surface area contributed by atoms with Gasteiger partial charge >= 0.3 is 6.18 Å². The lowest BCUT2D eigenvalue weighted by Crippen LogP contribution is -2.05. The maximum absolute atomic E-state index is 12.9. The Labute approximate surface area is 146 Å². The molecule has 0 N–H and O–H groups in total. The molecule has 0 spiro atoms. The van der Waals surface area contributed by atoms with E-state index in [0.29, 0.717) is 32.2 Å². The molecule has 0 amide bonds. The number of hydrogen-bond donors (Lipinski definition) is 0. The van der Waals surface area contributed by atoms with Crippen molar-refractivity contribution in [2.75, 3.05) is 0 Å². The largest absolute Gasteiger partial charge is 0.416 e. The van der Waals surface area contributed by atoms with Gasteiger partial charge in [0, 0.05) is 16.0 Å². The van der Waals surface area contributed by atoms with E-state index in [1.165, 1.54) is 6.07 Å². The molecule has 0 bridgehead atoms. The fourth-order valence-corrected chi connectivity index (χ4v) is 3.14.